The number of unbranched alkanes of at least 4 members (excludes halogenated alkanes) is 7. The summed E-state index contributed by atoms with van der Waals surface area (Å²) in [6.45, 7) is 24.7. The summed E-state index contributed by atoms with van der Waals surface area (Å²) in [5.74, 6) is 1.37. The molecule has 4 aliphatic carbocycles. The van der Waals surface area contributed by atoms with E-state index in [-0.39, 0.29) is 63.3 Å². The van der Waals surface area contributed by atoms with E-state index in [1.807, 2.05) is 34.6 Å². The van der Waals surface area contributed by atoms with Gasteiger partial charge < -0.3 is 30.3 Å². The predicted molar refractivity (Wildman–Crippen MR) is 229 cm³/mol. The summed E-state index contributed by atoms with van der Waals surface area (Å²) in [6, 6.07) is 0. The highest BCUT2D eigenvalue weighted by Crippen LogP contribution is 2.76. The number of alkyl carbamates (subject to hydrolysis) is 1. The van der Waals surface area contributed by atoms with Crippen LogP contribution >= 0.6 is 11.3 Å². The molecule has 2 amide bonds. The van der Waals surface area contributed by atoms with Gasteiger partial charge in [-0.3, -0.25) is 4.79 Å². The van der Waals surface area contributed by atoms with Gasteiger partial charge in [0, 0.05) is 23.3 Å². The highest BCUT2D eigenvalue weighted by atomic mass is 32.1. The molecule has 9 nitrogen and oxygen atoms in total. The number of aromatic nitrogens is 1. The van der Waals surface area contributed by atoms with Crippen molar-refractivity contribution in [3.63, 3.8) is 0 Å². The zero-order chi connectivity index (χ0) is 41.8. The van der Waals surface area contributed by atoms with Gasteiger partial charge in [0.05, 0.1) is 29.1 Å². The van der Waals surface area contributed by atoms with Gasteiger partial charge in [0.15, 0.2) is 5.13 Å². The topological polar surface area (TPSA) is 130 Å². The predicted octanol–water partition coefficient (Wildman–Crippen LogP) is 10.5. The van der Waals surface area contributed by atoms with Crippen molar-refractivity contribution in [2.75, 3.05) is 11.9 Å². The van der Waals surface area contributed by atoms with Crippen molar-refractivity contribution in [1.82, 2.24) is 10.3 Å². The van der Waals surface area contributed by atoms with E-state index in [1.165, 1.54) is 23.4 Å². The van der Waals surface area contributed by atoms with Crippen LogP contribution in [0.15, 0.2) is 0 Å². The van der Waals surface area contributed by atoms with Crippen molar-refractivity contribution in [3.8, 4) is 0 Å². The fraction of sp³-hybridized carbons (Fsp3) is 0.894. The molecule has 1 unspecified atom stereocenters. The van der Waals surface area contributed by atoms with Crippen LogP contribution in [0, 0.1) is 39.9 Å². The van der Waals surface area contributed by atoms with E-state index in [9.17, 15) is 19.8 Å². The van der Waals surface area contributed by atoms with Crippen LogP contribution < -0.4 is 10.6 Å². The van der Waals surface area contributed by atoms with E-state index in [1.54, 1.807) is 11.3 Å². The van der Waals surface area contributed by atoms with Crippen LogP contribution in [0.2, 0.25) is 0 Å². The number of carbonyl (C=O) groups is 2. The van der Waals surface area contributed by atoms with Crippen LogP contribution in [0.25, 0.3) is 0 Å². The zero-order valence-electron chi connectivity index (χ0n) is 37.6. The molecule has 0 spiro atoms. The molecular weight excluding hydrogens is 735 g/mol. The molecule has 4 fully saturated rings. The lowest BCUT2D eigenvalue weighted by molar-refractivity contribution is -0.227. The lowest BCUT2D eigenvalue weighted by Gasteiger charge is -2.69. The zero-order valence-corrected chi connectivity index (χ0v) is 38.4. The number of anilines is 1. The maximum atomic E-state index is 13.1. The molecule has 1 saturated heterocycles. The maximum Gasteiger partial charge on any atom is 0.407 e. The highest BCUT2D eigenvalue weighted by molar-refractivity contribution is 7.15. The first-order valence-electron chi connectivity index (χ1n) is 22.8. The summed E-state index contributed by atoms with van der Waals surface area (Å²) in [4.78, 5) is 31.4. The third-order valence-electron chi connectivity index (χ3n) is 16.5. The second-order valence-electron chi connectivity index (χ2n) is 22.3. The van der Waals surface area contributed by atoms with Crippen molar-refractivity contribution >= 4 is 28.5 Å². The molecule has 4 N–H and O–H groups in total. The van der Waals surface area contributed by atoms with Gasteiger partial charge in [-0.2, -0.15) is 0 Å². The quantitative estimate of drug-likeness (QED) is 0.138. The summed E-state index contributed by atoms with van der Waals surface area (Å²) in [5, 5.41) is 29.9. The number of aliphatic hydroxyl groups excluding tert-OH is 1. The van der Waals surface area contributed by atoms with Gasteiger partial charge in [-0.15, -0.1) is 11.3 Å². The van der Waals surface area contributed by atoms with Crippen molar-refractivity contribution < 1.29 is 29.3 Å². The summed E-state index contributed by atoms with van der Waals surface area (Å²) in [7, 11) is 0. The Labute approximate surface area is 349 Å². The van der Waals surface area contributed by atoms with Gasteiger partial charge >= 0.3 is 6.09 Å². The molecule has 1 aromatic heterocycles. The normalized spacial score (nSPS) is 37.1. The third-order valence-corrected chi connectivity index (χ3v) is 17.5. The first-order chi connectivity index (χ1) is 26.4. The number of thiazole rings is 1. The van der Waals surface area contributed by atoms with Crippen LogP contribution in [-0.2, 0) is 26.1 Å². The number of nitrogens with one attached hydrogen (secondary N) is 2. The van der Waals surface area contributed by atoms with E-state index in [4.69, 9.17) is 14.5 Å². The Morgan fingerprint density at radius 2 is 1.49 bits per heavy atom. The Kier molecular flexibility index (Phi) is 12.8. The molecular formula is C47H79N3O6S. The molecule has 324 valence electrons. The number of amides is 2. The minimum absolute atomic E-state index is 0.00654. The molecule has 2 heterocycles. The van der Waals surface area contributed by atoms with E-state index < -0.39 is 11.2 Å². The summed E-state index contributed by atoms with van der Waals surface area (Å²) in [5.41, 5.74) is -0.500. The van der Waals surface area contributed by atoms with Crippen LogP contribution in [0.5, 0.6) is 0 Å². The second kappa shape index (κ2) is 16.3. The minimum atomic E-state index is -0.866. The number of hydrogen-bond donors (Lipinski definition) is 4. The number of fused-ring (bicyclic) bond motifs is 6. The fourth-order valence-corrected chi connectivity index (χ4v) is 14.9. The van der Waals surface area contributed by atoms with Crippen molar-refractivity contribution in [1.29, 1.82) is 0 Å². The Bertz CT molecular complexity index is 1600. The van der Waals surface area contributed by atoms with Crippen molar-refractivity contribution in [2.24, 2.45) is 39.9 Å². The summed E-state index contributed by atoms with van der Waals surface area (Å²) < 4.78 is 12.1. The van der Waals surface area contributed by atoms with Gasteiger partial charge in [0.1, 0.15) is 5.60 Å². The highest BCUT2D eigenvalue weighted by Gasteiger charge is 2.72. The van der Waals surface area contributed by atoms with Crippen LogP contribution in [0.3, 0.4) is 0 Å². The average Bonchev–Trinajstić information content (AvgIpc) is 3.80. The maximum absolute atomic E-state index is 13.1. The van der Waals surface area contributed by atoms with Crippen LogP contribution in [0.1, 0.15) is 189 Å². The standard InChI is InChI=1S/C47H79N3O6S/c1-41(2,3)56-40(53)48-27-19-17-15-13-12-14-16-18-20-36(52)49-39-50-38-32(57-39)29-44(8)33(42(38,4)5)22-25-45(9)34(44)28-31(51)37-30(21-24-46(37,45)10)47(11)26-23-35(55-47)43(6,7)54/h30-31,33-35,37,51,54H,12-29H2,1-11H3,(H,48,53)(H,49,50,52)/t30?,31-,33+,34-,35+,37+,44+,45-,46-,47+/m1/s1. The van der Waals surface area contributed by atoms with Crippen molar-refractivity contribution in [2.45, 2.75) is 220 Å². The number of carbonyl (C=O) groups excluding carboxylic acids is 2. The molecule has 5 aliphatic rings. The monoisotopic (exact) mass is 814 g/mol. The average molecular weight is 814 g/mol. The number of nitrogens with zero attached hydrogens (tertiary/aromatic N) is 1. The second-order valence-corrected chi connectivity index (χ2v) is 23.4. The van der Waals surface area contributed by atoms with E-state index in [0.717, 1.165) is 95.0 Å². The molecule has 0 bridgehead atoms. The Morgan fingerprint density at radius 3 is 2.12 bits per heavy atom. The van der Waals surface area contributed by atoms with E-state index >= 15 is 0 Å². The van der Waals surface area contributed by atoms with Crippen LogP contribution in [0.4, 0.5) is 9.93 Å². The van der Waals surface area contributed by atoms with Gasteiger partial charge in [-0.1, -0.05) is 73.1 Å². The molecule has 0 radical (unpaired) electrons. The third kappa shape index (κ3) is 8.73. The van der Waals surface area contributed by atoms with Gasteiger partial charge in [0.25, 0.3) is 0 Å². The summed E-state index contributed by atoms with van der Waals surface area (Å²) >= 11 is 1.69. The lowest BCUT2D eigenvalue weighted by atomic mass is 9.35. The Balaban J connectivity index is 1.01. The van der Waals surface area contributed by atoms with Crippen LogP contribution in [-0.4, -0.2) is 62.8 Å². The number of ether oxygens (including phenoxy) is 2. The number of hydrogen-bond acceptors (Lipinski definition) is 8. The molecule has 1 aromatic rings. The first kappa shape index (κ1) is 44.8. The SMILES string of the molecule is CC(C)(C)OC(=O)NCCCCCCCCCCC(=O)Nc1nc2c(s1)C[C@]1(C)[C@H]3C[C@@H](O)[C@@H]4C([C@]5(C)CC[C@@H](C(C)(C)O)O5)CC[C@@]4(C)[C@]3(C)CC[C@H]1C2(C)C. The first-order valence-corrected chi connectivity index (χ1v) is 23.6. The molecule has 6 rings (SSSR count). The lowest BCUT2D eigenvalue weighted by Crippen LogP contribution is -2.66. The molecule has 1 aliphatic heterocycles. The smallest absolute Gasteiger partial charge is 0.407 e. The molecule has 10 atom stereocenters. The van der Waals surface area contributed by atoms with Gasteiger partial charge in [-0.05, 0) is 146 Å². The fourth-order valence-electron chi connectivity index (χ4n) is 13.6. The Hall–Kier alpha value is -1.75. The number of rotatable bonds is 14. The molecule has 10 heteroatoms. The van der Waals surface area contributed by atoms with E-state index in [2.05, 4.69) is 52.2 Å². The van der Waals surface area contributed by atoms with E-state index in [0.29, 0.717) is 24.8 Å². The van der Waals surface area contributed by atoms with Crippen molar-refractivity contribution in [3.05, 3.63) is 10.6 Å². The molecule has 57 heavy (non-hydrogen) atoms. The minimum Gasteiger partial charge on any atom is -0.444 e. The molecule has 0 aromatic carbocycles. The largest absolute Gasteiger partial charge is 0.444 e. The summed E-state index contributed by atoms with van der Waals surface area (Å²) in [6.07, 6.45) is 16.3. The Morgan fingerprint density at radius 1 is 0.860 bits per heavy atom. The van der Waals surface area contributed by atoms with Gasteiger partial charge in [-0.25, -0.2) is 9.78 Å². The number of aliphatic hydroxyl groups is 2. The molecule has 3 saturated carbocycles. The van der Waals surface area contributed by atoms with Gasteiger partial charge in [0.2, 0.25) is 5.91 Å².